The number of piperidine rings is 1. The molecule has 1 heterocycles. The van der Waals surface area contributed by atoms with E-state index in [1.54, 1.807) is 5.57 Å². The fourth-order valence-corrected chi connectivity index (χ4v) is 2.28. The molecule has 2 rings (SSSR count). The number of hydrogen-bond donors (Lipinski definition) is 1. The van der Waals surface area contributed by atoms with Crippen LogP contribution in [0, 0.1) is 11.8 Å². The monoisotopic (exact) mass is 137 g/mol. The molecular formula is C9H15N. The van der Waals surface area contributed by atoms with Crippen LogP contribution < -0.4 is 5.32 Å². The van der Waals surface area contributed by atoms with Crippen molar-refractivity contribution >= 4 is 0 Å². The van der Waals surface area contributed by atoms with Crippen LogP contribution in [0.15, 0.2) is 11.6 Å². The SMILES string of the molecule is CC1=CC2CNCC(C1)C2. The standard InChI is InChI=1S/C9H15N/c1-7-2-8-4-9(3-7)6-10-5-8/h2,8-10H,3-6H2,1H3. The molecule has 0 aromatic carbocycles. The minimum absolute atomic E-state index is 0.854. The summed E-state index contributed by atoms with van der Waals surface area (Å²) < 4.78 is 0. The maximum absolute atomic E-state index is 3.46. The molecule has 0 aromatic heterocycles. The molecule has 1 saturated heterocycles. The third-order valence-electron chi connectivity index (χ3n) is 2.61. The van der Waals surface area contributed by atoms with Gasteiger partial charge in [-0.3, -0.25) is 0 Å². The summed E-state index contributed by atoms with van der Waals surface area (Å²) in [5.74, 6) is 1.80. The van der Waals surface area contributed by atoms with E-state index >= 15 is 0 Å². The highest BCUT2D eigenvalue weighted by Gasteiger charge is 2.23. The molecule has 0 aromatic rings. The average molecular weight is 137 g/mol. The van der Waals surface area contributed by atoms with Crippen LogP contribution >= 0.6 is 0 Å². The molecule has 0 radical (unpaired) electrons. The summed E-state index contributed by atoms with van der Waals surface area (Å²) in [5.41, 5.74) is 1.61. The molecule has 1 fully saturated rings. The van der Waals surface area contributed by atoms with Gasteiger partial charge in [-0.05, 0) is 38.1 Å². The second-order valence-corrected chi connectivity index (χ2v) is 3.74. The predicted octanol–water partition coefficient (Wildman–Crippen LogP) is 1.56. The van der Waals surface area contributed by atoms with Crippen molar-refractivity contribution in [2.75, 3.05) is 13.1 Å². The van der Waals surface area contributed by atoms with Crippen LogP contribution in [0.1, 0.15) is 19.8 Å². The fraction of sp³-hybridized carbons (Fsp3) is 0.778. The van der Waals surface area contributed by atoms with Gasteiger partial charge in [0.1, 0.15) is 0 Å². The van der Waals surface area contributed by atoms with E-state index in [4.69, 9.17) is 0 Å². The Hall–Kier alpha value is -0.300. The molecule has 2 aliphatic rings. The zero-order valence-corrected chi connectivity index (χ0v) is 6.56. The van der Waals surface area contributed by atoms with Crippen molar-refractivity contribution in [1.29, 1.82) is 0 Å². The van der Waals surface area contributed by atoms with Crippen molar-refractivity contribution in [3.8, 4) is 0 Å². The van der Waals surface area contributed by atoms with Crippen LogP contribution in [0.3, 0.4) is 0 Å². The largest absolute Gasteiger partial charge is 0.316 e. The van der Waals surface area contributed by atoms with Crippen LogP contribution in [0.4, 0.5) is 0 Å². The van der Waals surface area contributed by atoms with Gasteiger partial charge in [0, 0.05) is 6.54 Å². The molecule has 2 atom stereocenters. The lowest BCUT2D eigenvalue weighted by molar-refractivity contribution is 0.304. The quantitative estimate of drug-likeness (QED) is 0.500. The Morgan fingerprint density at radius 1 is 1.50 bits per heavy atom. The first-order valence-electron chi connectivity index (χ1n) is 4.22. The first kappa shape index (κ1) is 6.41. The Kier molecular flexibility index (Phi) is 1.53. The minimum Gasteiger partial charge on any atom is -0.316 e. The minimum atomic E-state index is 0.854. The Morgan fingerprint density at radius 3 is 3.20 bits per heavy atom. The number of nitrogens with one attached hydrogen (secondary N) is 1. The van der Waals surface area contributed by atoms with Crippen molar-refractivity contribution in [3.63, 3.8) is 0 Å². The molecule has 1 aliphatic heterocycles. The van der Waals surface area contributed by atoms with E-state index in [1.807, 2.05) is 0 Å². The molecule has 2 bridgehead atoms. The van der Waals surface area contributed by atoms with Gasteiger partial charge in [0.05, 0.1) is 0 Å². The summed E-state index contributed by atoms with van der Waals surface area (Å²) in [7, 11) is 0. The van der Waals surface area contributed by atoms with Gasteiger partial charge in [0.25, 0.3) is 0 Å². The second-order valence-electron chi connectivity index (χ2n) is 3.74. The molecular weight excluding hydrogens is 122 g/mol. The molecule has 10 heavy (non-hydrogen) atoms. The van der Waals surface area contributed by atoms with Crippen LogP contribution in [-0.2, 0) is 0 Å². The molecule has 0 amide bonds. The van der Waals surface area contributed by atoms with Gasteiger partial charge < -0.3 is 5.32 Å². The molecule has 0 saturated carbocycles. The van der Waals surface area contributed by atoms with E-state index in [9.17, 15) is 0 Å². The lowest BCUT2D eigenvalue weighted by atomic mass is 9.80. The van der Waals surface area contributed by atoms with Gasteiger partial charge in [-0.2, -0.15) is 0 Å². The number of hydrogen-bond acceptors (Lipinski definition) is 1. The topological polar surface area (TPSA) is 12.0 Å². The summed E-state index contributed by atoms with van der Waals surface area (Å²) in [5, 5.41) is 3.46. The lowest BCUT2D eigenvalue weighted by Crippen LogP contribution is -2.37. The number of allylic oxidation sites excluding steroid dienone is 1. The van der Waals surface area contributed by atoms with Gasteiger partial charge in [-0.15, -0.1) is 0 Å². The molecule has 1 heteroatoms. The van der Waals surface area contributed by atoms with E-state index in [2.05, 4.69) is 18.3 Å². The molecule has 1 aliphatic carbocycles. The van der Waals surface area contributed by atoms with Crippen LogP contribution in [-0.4, -0.2) is 13.1 Å². The number of rotatable bonds is 0. The van der Waals surface area contributed by atoms with E-state index in [1.165, 1.54) is 25.9 Å². The Bertz CT molecular complexity index is 160. The highest BCUT2D eigenvalue weighted by Crippen LogP contribution is 2.29. The van der Waals surface area contributed by atoms with Crippen molar-refractivity contribution in [2.45, 2.75) is 19.8 Å². The van der Waals surface area contributed by atoms with Gasteiger partial charge >= 0.3 is 0 Å². The van der Waals surface area contributed by atoms with Crippen molar-refractivity contribution in [1.82, 2.24) is 5.32 Å². The molecule has 1 nitrogen and oxygen atoms in total. The van der Waals surface area contributed by atoms with Crippen LogP contribution in [0.25, 0.3) is 0 Å². The third kappa shape index (κ3) is 1.10. The fourth-order valence-electron chi connectivity index (χ4n) is 2.28. The first-order chi connectivity index (χ1) is 4.84. The third-order valence-corrected chi connectivity index (χ3v) is 2.61. The lowest BCUT2D eigenvalue weighted by Gasteiger charge is -2.33. The van der Waals surface area contributed by atoms with Gasteiger partial charge in [0.15, 0.2) is 0 Å². The summed E-state index contributed by atoms with van der Waals surface area (Å²) in [4.78, 5) is 0. The van der Waals surface area contributed by atoms with E-state index in [-0.39, 0.29) is 0 Å². The summed E-state index contributed by atoms with van der Waals surface area (Å²) >= 11 is 0. The molecule has 2 unspecified atom stereocenters. The highest BCUT2D eigenvalue weighted by atomic mass is 14.9. The molecule has 56 valence electrons. The number of fused-ring (bicyclic) bond motifs is 2. The van der Waals surface area contributed by atoms with E-state index in [0.29, 0.717) is 0 Å². The van der Waals surface area contributed by atoms with Gasteiger partial charge in [0.2, 0.25) is 0 Å². The van der Waals surface area contributed by atoms with Crippen LogP contribution in [0.2, 0.25) is 0 Å². The zero-order chi connectivity index (χ0) is 6.97. The van der Waals surface area contributed by atoms with E-state index < -0.39 is 0 Å². The summed E-state index contributed by atoms with van der Waals surface area (Å²) in [6.07, 6.45) is 5.22. The molecule has 1 N–H and O–H groups in total. The second kappa shape index (κ2) is 2.39. The van der Waals surface area contributed by atoms with E-state index in [0.717, 1.165) is 11.8 Å². The summed E-state index contributed by atoms with van der Waals surface area (Å²) in [6.45, 7) is 4.74. The van der Waals surface area contributed by atoms with Crippen LogP contribution in [0.5, 0.6) is 0 Å². The molecule has 0 spiro atoms. The maximum atomic E-state index is 3.46. The summed E-state index contributed by atoms with van der Waals surface area (Å²) in [6, 6.07) is 0. The normalized spacial score (nSPS) is 39.1. The highest BCUT2D eigenvalue weighted by molar-refractivity contribution is 5.09. The van der Waals surface area contributed by atoms with Gasteiger partial charge in [-0.1, -0.05) is 11.6 Å². The zero-order valence-electron chi connectivity index (χ0n) is 6.56. The van der Waals surface area contributed by atoms with Crippen molar-refractivity contribution in [3.05, 3.63) is 11.6 Å². The Balaban J connectivity index is 2.14. The predicted molar refractivity (Wildman–Crippen MR) is 42.8 cm³/mol. The first-order valence-corrected chi connectivity index (χ1v) is 4.22. The maximum Gasteiger partial charge on any atom is 0.00145 e. The average Bonchev–Trinajstić information content (AvgIpc) is 1.85. The van der Waals surface area contributed by atoms with Crippen molar-refractivity contribution in [2.24, 2.45) is 11.8 Å². The Morgan fingerprint density at radius 2 is 2.40 bits per heavy atom. The van der Waals surface area contributed by atoms with Crippen molar-refractivity contribution < 1.29 is 0 Å². The smallest absolute Gasteiger partial charge is 0.00145 e. The van der Waals surface area contributed by atoms with Gasteiger partial charge in [-0.25, -0.2) is 0 Å². The Labute approximate surface area is 62.5 Å².